The summed E-state index contributed by atoms with van der Waals surface area (Å²) in [6.45, 7) is -0.235. The van der Waals surface area contributed by atoms with Crippen molar-refractivity contribution in [2.45, 2.75) is 0 Å². The van der Waals surface area contributed by atoms with Gasteiger partial charge in [0.2, 0.25) is 0 Å². The predicted molar refractivity (Wildman–Crippen MR) is 58.3 cm³/mol. The van der Waals surface area contributed by atoms with Crippen LogP contribution in [0.1, 0.15) is 10.4 Å². The lowest BCUT2D eigenvalue weighted by molar-refractivity contribution is 0.0697. The third kappa shape index (κ3) is 3.69. The van der Waals surface area contributed by atoms with E-state index in [2.05, 4.69) is 9.50 Å². The molecule has 0 aromatic heterocycles. The van der Waals surface area contributed by atoms with Crippen molar-refractivity contribution in [3.8, 4) is 0 Å². The van der Waals surface area contributed by atoms with Gasteiger partial charge >= 0.3 is 5.97 Å². The Labute approximate surface area is 98.0 Å². The molecule has 16 heavy (non-hydrogen) atoms. The Kier molecular flexibility index (Phi) is 4.53. The molecule has 0 spiro atoms. The van der Waals surface area contributed by atoms with E-state index < -0.39 is 17.0 Å². The minimum atomic E-state index is -2.91. The van der Waals surface area contributed by atoms with Crippen molar-refractivity contribution in [2.24, 2.45) is 0 Å². The summed E-state index contributed by atoms with van der Waals surface area (Å²) in [6, 6.07) is 4.13. The van der Waals surface area contributed by atoms with Crippen LogP contribution in [0.4, 0.5) is 5.69 Å². The molecule has 0 saturated carbocycles. The number of hydrogen-bond acceptors (Lipinski definition) is 5. The summed E-state index contributed by atoms with van der Waals surface area (Å²) < 4.78 is 24.4. The first-order chi connectivity index (χ1) is 7.50. The summed E-state index contributed by atoms with van der Waals surface area (Å²) >= 11 is 5.68. The molecule has 0 aliphatic heterocycles. The standard InChI is InChI=1S/C8H8ClNO5S/c9-7-3-5(10-4-15-16(13)14)1-2-6(7)8(11)12/h1-3,10,16H,4H2,(H,11,12). The lowest BCUT2D eigenvalue weighted by Gasteiger charge is -2.05. The first kappa shape index (κ1) is 12.8. The topological polar surface area (TPSA) is 92.7 Å². The molecule has 0 heterocycles. The SMILES string of the molecule is O=C(O)c1ccc(NCO[SH](=O)=O)cc1Cl. The molecule has 0 atom stereocenters. The monoisotopic (exact) mass is 265 g/mol. The maximum Gasteiger partial charge on any atom is 0.337 e. The molecule has 0 saturated heterocycles. The number of carboxylic acid groups (broad SMARTS) is 1. The minimum absolute atomic E-state index is 0.0250. The first-order valence-corrected chi connectivity index (χ1v) is 5.52. The number of halogens is 1. The number of rotatable bonds is 5. The summed E-state index contributed by atoms with van der Waals surface area (Å²) in [5.41, 5.74) is 0.440. The molecule has 0 fully saturated rings. The smallest absolute Gasteiger partial charge is 0.337 e. The highest BCUT2D eigenvalue weighted by Crippen LogP contribution is 2.20. The van der Waals surface area contributed by atoms with Crippen LogP contribution in [0.3, 0.4) is 0 Å². The molecule has 1 aromatic carbocycles. The van der Waals surface area contributed by atoms with Crippen LogP contribution in [-0.4, -0.2) is 26.2 Å². The Morgan fingerprint density at radius 2 is 2.19 bits per heavy atom. The molecule has 8 heteroatoms. The molecule has 0 unspecified atom stereocenters. The van der Waals surface area contributed by atoms with E-state index in [0.717, 1.165) is 0 Å². The summed E-state index contributed by atoms with van der Waals surface area (Å²) in [5.74, 6) is -1.13. The van der Waals surface area contributed by atoms with E-state index in [1.807, 2.05) is 0 Å². The van der Waals surface area contributed by atoms with Crippen molar-refractivity contribution in [1.29, 1.82) is 0 Å². The van der Waals surface area contributed by atoms with Crippen LogP contribution in [-0.2, 0) is 15.2 Å². The van der Waals surface area contributed by atoms with Gasteiger partial charge in [-0.2, -0.15) is 0 Å². The van der Waals surface area contributed by atoms with Crippen molar-refractivity contribution in [2.75, 3.05) is 12.0 Å². The number of benzene rings is 1. The molecule has 0 aliphatic carbocycles. The second kappa shape index (κ2) is 5.69. The Balaban J connectivity index is 2.70. The quantitative estimate of drug-likeness (QED) is 0.542. The van der Waals surface area contributed by atoms with Crippen molar-refractivity contribution in [1.82, 2.24) is 0 Å². The average Bonchev–Trinajstić information content (AvgIpc) is 2.16. The zero-order valence-electron chi connectivity index (χ0n) is 7.84. The largest absolute Gasteiger partial charge is 0.478 e. The lowest BCUT2D eigenvalue weighted by Crippen LogP contribution is -2.05. The van der Waals surface area contributed by atoms with Gasteiger partial charge in [-0.05, 0) is 18.2 Å². The van der Waals surface area contributed by atoms with E-state index in [0.29, 0.717) is 5.69 Å². The second-order valence-corrected chi connectivity index (χ2v) is 3.79. The molecular weight excluding hydrogens is 258 g/mol. The van der Waals surface area contributed by atoms with Gasteiger partial charge < -0.3 is 10.4 Å². The van der Waals surface area contributed by atoms with Crippen LogP contribution in [0.5, 0.6) is 0 Å². The van der Waals surface area contributed by atoms with E-state index >= 15 is 0 Å². The second-order valence-electron chi connectivity index (χ2n) is 2.67. The Morgan fingerprint density at radius 1 is 1.50 bits per heavy atom. The van der Waals surface area contributed by atoms with Gasteiger partial charge in [-0.15, -0.1) is 0 Å². The van der Waals surface area contributed by atoms with Crippen molar-refractivity contribution in [3.63, 3.8) is 0 Å². The van der Waals surface area contributed by atoms with Crippen LogP contribution in [0.15, 0.2) is 18.2 Å². The summed E-state index contributed by atoms with van der Waals surface area (Å²) in [4.78, 5) is 10.6. The molecule has 0 radical (unpaired) electrons. The number of anilines is 1. The van der Waals surface area contributed by atoms with Gasteiger partial charge in [-0.1, -0.05) is 11.6 Å². The van der Waals surface area contributed by atoms with Gasteiger partial charge in [-0.25, -0.2) is 13.2 Å². The molecular formula is C8H8ClNO5S. The van der Waals surface area contributed by atoms with Crippen molar-refractivity contribution < 1.29 is 22.5 Å². The van der Waals surface area contributed by atoms with Gasteiger partial charge in [-0.3, -0.25) is 4.18 Å². The highest BCUT2D eigenvalue weighted by molar-refractivity contribution is 7.67. The van der Waals surface area contributed by atoms with Gasteiger partial charge in [0.1, 0.15) is 6.73 Å². The summed E-state index contributed by atoms with van der Waals surface area (Å²) in [6.07, 6.45) is 0. The third-order valence-corrected chi connectivity index (χ3v) is 2.30. The molecule has 0 amide bonds. The molecule has 1 aromatic rings. The van der Waals surface area contributed by atoms with Gasteiger partial charge in [0, 0.05) is 5.69 Å². The number of thiol groups is 1. The minimum Gasteiger partial charge on any atom is -0.478 e. The van der Waals surface area contributed by atoms with E-state index in [9.17, 15) is 13.2 Å². The van der Waals surface area contributed by atoms with Crippen LogP contribution in [0.2, 0.25) is 5.02 Å². The van der Waals surface area contributed by atoms with Gasteiger partial charge in [0.25, 0.3) is 11.0 Å². The van der Waals surface area contributed by atoms with E-state index in [4.69, 9.17) is 16.7 Å². The van der Waals surface area contributed by atoms with Crippen molar-refractivity contribution >= 4 is 34.2 Å². The fraction of sp³-hybridized carbons (Fsp3) is 0.125. The highest BCUT2D eigenvalue weighted by atomic mass is 35.5. The summed E-state index contributed by atoms with van der Waals surface area (Å²) in [7, 11) is -2.91. The summed E-state index contributed by atoms with van der Waals surface area (Å²) in [5, 5.41) is 11.4. The predicted octanol–water partition coefficient (Wildman–Crippen LogP) is 0.951. The first-order valence-electron chi connectivity index (χ1n) is 4.04. The molecule has 6 nitrogen and oxygen atoms in total. The molecule has 0 bridgehead atoms. The molecule has 1 rings (SSSR count). The normalized spacial score (nSPS) is 10.4. The molecule has 0 aliphatic rings. The number of carbonyl (C=O) groups is 1. The van der Waals surface area contributed by atoms with E-state index in [1.54, 1.807) is 0 Å². The Bertz CT molecular complexity index is 465. The fourth-order valence-corrected chi connectivity index (χ4v) is 1.40. The maximum atomic E-state index is 10.6. The van der Waals surface area contributed by atoms with Crippen LogP contribution in [0, 0.1) is 0 Å². The number of carboxylic acids is 1. The van der Waals surface area contributed by atoms with Gasteiger partial charge in [0.05, 0.1) is 10.6 Å². The zero-order valence-corrected chi connectivity index (χ0v) is 9.49. The Hall–Kier alpha value is -1.31. The molecule has 88 valence electrons. The maximum absolute atomic E-state index is 10.6. The number of hydrogen-bond donors (Lipinski definition) is 3. The lowest BCUT2D eigenvalue weighted by atomic mass is 10.2. The van der Waals surface area contributed by atoms with Gasteiger partial charge in [0.15, 0.2) is 0 Å². The zero-order chi connectivity index (χ0) is 12.1. The average molecular weight is 266 g/mol. The fourth-order valence-electron chi connectivity index (χ4n) is 0.967. The van der Waals surface area contributed by atoms with E-state index in [-0.39, 0.29) is 17.3 Å². The van der Waals surface area contributed by atoms with Crippen LogP contribution < -0.4 is 5.32 Å². The van der Waals surface area contributed by atoms with Crippen molar-refractivity contribution in [3.05, 3.63) is 28.8 Å². The number of nitrogens with one attached hydrogen (secondary N) is 1. The Morgan fingerprint density at radius 3 is 2.69 bits per heavy atom. The van der Waals surface area contributed by atoms with Crippen LogP contribution in [0.25, 0.3) is 0 Å². The van der Waals surface area contributed by atoms with Crippen LogP contribution >= 0.6 is 11.6 Å². The highest BCUT2D eigenvalue weighted by Gasteiger charge is 2.08. The van der Waals surface area contributed by atoms with E-state index in [1.165, 1.54) is 18.2 Å². The third-order valence-electron chi connectivity index (χ3n) is 1.65. The number of aromatic carboxylic acids is 1. The molecule has 2 N–H and O–H groups in total.